The number of amides is 2. The van der Waals surface area contributed by atoms with Gasteiger partial charge >= 0.3 is 0 Å². The van der Waals surface area contributed by atoms with Crippen molar-refractivity contribution in [3.05, 3.63) is 0 Å². The SMILES string of the molecule is CN1C(=O)CC(N(C)CC(C)(C)CN)C1=O. The zero-order chi connectivity index (χ0) is 12.5. The number of carbonyl (C=O) groups excluding carboxylic acids is 2. The fourth-order valence-corrected chi connectivity index (χ4v) is 1.93. The van der Waals surface area contributed by atoms with Crippen LogP contribution in [0, 0.1) is 5.41 Å². The summed E-state index contributed by atoms with van der Waals surface area (Å²) < 4.78 is 0. The van der Waals surface area contributed by atoms with E-state index in [4.69, 9.17) is 5.73 Å². The average Bonchev–Trinajstić information content (AvgIpc) is 2.45. The summed E-state index contributed by atoms with van der Waals surface area (Å²) in [5, 5.41) is 0. The van der Waals surface area contributed by atoms with Gasteiger partial charge in [0, 0.05) is 13.6 Å². The van der Waals surface area contributed by atoms with Crippen LogP contribution in [0.5, 0.6) is 0 Å². The van der Waals surface area contributed by atoms with Gasteiger partial charge in [0.1, 0.15) is 0 Å². The molecule has 0 radical (unpaired) electrons. The van der Waals surface area contributed by atoms with Crippen LogP contribution in [0.15, 0.2) is 0 Å². The molecule has 92 valence electrons. The highest BCUT2D eigenvalue weighted by atomic mass is 16.2. The van der Waals surface area contributed by atoms with Gasteiger partial charge in [-0.3, -0.25) is 19.4 Å². The summed E-state index contributed by atoms with van der Waals surface area (Å²) in [7, 11) is 3.40. The van der Waals surface area contributed by atoms with Gasteiger partial charge in [-0.2, -0.15) is 0 Å². The minimum Gasteiger partial charge on any atom is -0.330 e. The van der Waals surface area contributed by atoms with Crippen molar-refractivity contribution in [3.8, 4) is 0 Å². The summed E-state index contributed by atoms with van der Waals surface area (Å²) in [5.74, 6) is -0.215. The summed E-state index contributed by atoms with van der Waals surface area (Å²) in [5.41, 5.74) is 5.61. The molecule has 1 fully saturated rings. The maximum Gasteiger partial charge on any atom is 0.246 e. The molecule has 1 rings (SSSR count). The normalized spacial score (nSPS) is 22.4. The Morgan fingerprint density at radius 3 is 2.44 bits per heavy atom. The highest BCUT2D eigenvalue weighted by Crippen LogP contribution is 2.21. The lowest BCUT2D eigenvalue weighted by Crippen LogP contribution is -2.45. The third-order valence-corrected chi connectivity index (χ3v) is 3.12. The number of likely N-dealkylation sites (N-methyl/N-ethyl adjacent to an activating group) is 2. The zero-order valence-electron chi connectivity index (χ0n) is 10.5. The predicted octanol–water partition coefficient (Wildman–Crippen LogP) is -0.340. The fourth-order valence-electron chi connectivity index (χ4n) is 1.93. The monoisotopic (exact) mass is 227 g/mol. The second-order valence-corrected chi connectivity index (χ2v) is 5.29. The Labute approximate surface area is 96.6 Å². The van der Waals surface area contributed by atoms with Gasteiger partial charge in [0.25, 0.3) is 0 Å². The van der Waals surface area contributed by atoms with Crippen molar-refractivity contribution in [2.45, 2.75) is 26.3 Å². The Morgan fingerprint density at radius 2 is 2.06 bits per heavy atom. The number of hydrogen-bond donors (Lipinski definition) is 1. The number of likely N-dealkylation sites (tertiary alicyclic amines) is 1. The van der Waals surface area contributed by atoms with Gasteiger partial charge in [-0.15, -0.1) is 0 Å². The molecule has 0 spiro atoms. The summed E-state index contributed by atoms with van der Waals surface area (Å²) in [6, 6.07) is -0.316. The van der Waals surface area contributed by atoms with E-state index in [9.17, 15) is 9.59 Å². The molecule has 16 heavy (non-hydrogen) atoms. The van der Waals surface area contributed by atoms with Gasteiger partial charge in [-0.25, -0.2) is 0 Å². The number of nitrogens with two attached hydrogens (primary N) is 1. The van der Waals surface area contributed by atoms with Crippen molar-refractivity contribution in [1.82, 2.24) is 9.80 Å². The van der Waals surface area contributed by atoms with Crippen molar-refractivity contribution in [2.24, 2.45) is 11.1 Å². The number of hydrogen-bond acceptors (Lipinski definition) is 4. The molecule has 0 saturated carbocycles. The van der Waals surface area contributed by atoms with Gasteiger partial charge in [0.2, 0.25) is 11.8 Å². The molecular formula is C11H21N3O2. The van der Waals surface area contributed by atoms with Gasteiger partial charge in [-0.1, -0.05) is 13.8 Å². The quantitative estimate of drug-likeness (QED) is 0.667. The summed E-state index contributed by atoms with van der Waals surface area (Å²) in [6.45, 7) is 5.37. The molecule has 1 aliphatic heterocycles. The third-order valence-electron chi connectivity index (χ3n) is 3.12. The van der Waals surface area contributed by atoms with Crippen LogP contribution in [0.4, 0.5) is 0 Å². The second kappa shape index (κ2) is 4.51. The van der Waals surface area contributed by atoms with Crippen molar-refractivity contribution in [3.63, 3.8) is 0 Å². The molecule has 1 atom stereocenters. The van der Waals surface area contributed by atoms with Crippen molar-refractivity contribution >= 4 is 11.8 Å². The molecule has 1 unspecified atom stereocenters. The van der Waals surface area contributed by atoms with E-state index < -0.39 is 0 Å². The lowest BCUT2D eigenvalue weighted by atomic mass is 9.92. The molecule has 1 heterocycles. The number of carbonyl (C=O) groups is 2. The van der Waals surface area contributed by atoms with Crippen LogP contribution in [-0.2, 0) is 9.59 Å². The van der Waals surface area contributed by atoms with Gasteiger partial charge in [0.05, 0.1) is 12.5 Å². The van der Waals surface area contributed by atoms with E-state index in [1.807, 2.05) is 11.9 Å². The molecule has 0 aromatic carbocycles. The molecule has 0 aliphatic carbocycles. The molecule has 1 aliphatic rings. The minimum atomic E-state index is -0.316. The van der Waals surface area contributed by atoms with Crippen LogP contribution in [-0.4, -0.2) is 54.8 Å². The highest BCUT2D eigenvalue weighted by Gasteiger charge is 2.39. The van der Waals surface area contributed by atoms with Crippen molar-refractivity contribution in [2.75, 3.05) is 27.2 Å². The summed E-state index contributed by atoms with van der Waals surface area (Å²) >= 11 is 0. The van der Waals surface area contributed by atoms with Crippen molar-refractivity contribution in [1.29, 1.82) is 0 Å². The Morgan fingerprint density at radius 1 is 1.50 bits per heavy atom. The molecule has 2 amide bonds. The van der Waals surface area contributed by atoms with Crippen LogP contribution < -0.4 is 5.73 Å². The standard InChI is InChI=1S/C11H21N3O2/c1-11(2,6-12)7-13(3)8-5-9(15)14(4)10(8)16/h8H,5-7,12H2,1-4H3. The molecule has 2 N–H and O–H groups in total. The fraction of sp³-hybridized carbons (Fsp3) is 0.818. The first-order valence-corrected chi connectivity index (χ1v) is 5.49. The largest absolute Gasteiger partial charge is 0.330 e. The Kier molecular flexibility index (Phi) is 3.70. The predicted molar refractivity (Wildman–Crippen MR) is 61.6 cm³/mol. The topological polar surface area (TPSA) is 66.6 Å². The number of rotatable bonds is 4. The molecule has 0 aromatic rings. The van der Waals surface area contributed by atoms with Crippen LogP contribution >= 0.6 is 0 Å². The average molecular weight is 227 g/mol. The maximum atomic E-state index is 11.8. The van der Waals surface area contributed by atoms with E-state index in [0.717, 1.165) is 0 Å². The number of imide groups is 1. The molecule has 0 bridgehead atoms. The van der Waals surface area contributed by atoms with Crippen molar-refractivity contribution < 1.29 is 9.59 Å². The van der Waals surface area contributed by atoms with E-state index in [-0.39, 0.29) is 29.7 Å². The van der Waals surface area contributed by atoms with E-state index in [1.54, 1.807) is 0 Å². The van der Waals surface area contributed by atoms with Gasteiger partial charge in [0.15, 0.2) is 0 Å². The lowest BCUT2D eigenvalue weighted by Gasteiger charge is -2.31. The molecule has 1 saturated heterocycles. The van der Waals surface area contributed by atoms with Crippen LogP contribution in [0.25, 0.3) is 0 Å². The van der Waals surface area contributed by atoms with Crippen LogP contribution in [0.1, 0.15) is 20.3 Å². The van der Waals surface area contributed by atoms with Crippen LogP contribution in [0.3, 0.4) is 0 Å². The van der Waals surface area contributed by atoms with Crippen LogP contribution in [0.2, 0.25) is 0 Å². The summed E-state index contributed by atoms with van der Waals surface area (Å²) in [4.78, 5) is 26.3. The van der Waals surface area contributed by atoms with E-state index in [2.05, 4.69) is 13.8 Å². The molecule has 5 nitrogen and oxygen atoms in total. The molecule has 5 heteroatoms. The molecular weight excluding hydrogens is 206 g/mol. The second-order valence-electron chi connectivity index (χ2n) is 5.29. The highest BCUT2D eigenvalue weighted by molar-refractivity contribution is 6.05. The zero-order valence-corrected chi connectivity index (χ0v) is 10.5. The Balaban J connectivity index is 2.66. The van der Waals surface area contributed by atoms with E-state index >= 15 is 0 Å². The number of nitrogens with zero attached hydrogens (tertiary/aromatic N) is 2. The first kappa shape index (κ1) is 13.1. The third kappa shape index (κ3) is 2.59. The maximum absolute atomic E-state index is 11.8. The first-order chi connectivity index (χ1) is 7.28. The van der Waals surface area contributed by atoms with Gasteiger partial charge in [-0.05, 0) is 19.0 Å². The first-order valence-electron chi connectivity index (χ1n) is 5.49. The molecule has 0 aromatic heterocycles. The lowest BCUT2D eigenvalue weighted by molar-refractivity contribution is -0.138. The smallest absolute Gasteiger partial charge is 0.246 e. The Bertz CT molecular complexity index is 302. The minimum absolute atomic E-state index is 0.0424. The van der Waals surface area contributed by atoms with E-state index in [0.29, 0.717) is 13.1 Å². The van der Waals surface area contributed by atoms with Gasteiger partial charge < -0.3 is 5.73 Å². The Hall–Kier alpha value is -0.940. The summed E-state index contributed by atoms with van der Waals surface area (Å²) in [6.07, 6.45) is 0.284. The van der Waals surface area contributed by atoms with E-state index in [1.165, 1.54) is 11.9 Å².